The molecule has 0 aliphatic rings. The van der Waals surface area contributed by atoms with Crippen LogP contribution in [0.25, 0.3) is 0 Å². The lowest BCUT2D eigenvalue weighted by atomic mass is 9.88. The molecule has 0 heterocycles. The molecule has 0 radical (unpaired) electrons. The summed E-state index contributed by atoms with van der Waals surface area (Å²) < 4.78 is 0. The number of hydrogen-bond acceptors (Lipinski definition) is 2. The molecular weight excluding hydrogens is 216 g/mol. The maximum Gasteiger partial charge on any atom is 0.335 e. The minimum atomic E-state index is -0.933. The monoisotopic (exact) mass is 236 g/mol. The summed E-state index contributed by atoms with van der Waals surface area (Å²) in [4.78, 5) is 11.2. The Morgan fingerprint density at radius 3 is 2.18 bits per heavy atom. The number of carboxylic acid groups (broad SMARTS) is 1. The number of phenolic OH excluding ortho intramolecular Hbond substituents is 1. The molecule has 0 unspecified atom stereocenters. The largest absolute Gasteiger partial charge is 0.507 e. The van der Waals surface area contributed by atoms with E-state index in [1.807, 2.05) is 13.8 Å². The second-order valence-electron chi connectivity index (χ2n) is 4.43. The van der Waals surface area contributed by atoms with Crippen LogP contribution in [0.5, 0.6) is 5.75 Å². The number of aromatic hydroxyl groups is 1. The summed E-state index contributed by atoms with van der Waals surface area (Å²) in [7, 11) is 0. The lowest BCUT2D eigenvalue weighted by Crippen LogP contribution is -2.06. The van der Waals surface area contributed by atoms with Crippen molar-refractivity contribution < 1.29 is 15.0 Å². The number of rotatable bonds is 4. The average Bonchev–Trinajstić information content (AvgIpc) is 2.30. The smallest absolute Gasteiger partial charge is 0.335 e. The van der Waals surface area contributed by atoms with Crippen LogP contribution in [0.15, 0.2) is 6.07 Å². The lowest BCUT2D eigenvalue weighted by molar-refractivity contribution is 0.0696. The topological polar surface area (TPSA) is 57.5 Å². The summed E-state index contributed by atoms with van der Waals surface area (Å²) in [6.07, 6.45) is 1.79. The van der Waals surface area contributed by atoms with Gasteiger partial charge >= 0.3 is 5.97 Å². The molecule has 0 saturated carbocycles. The van der Waals surface area contributed by atoms with E-state index in [1.165, 1.54) is 0 Å². The maximum atomic E-state index is 11.2. The van der Waals surface area contributed by atoms with Gasteiger partial charge in [-0.15, -0.1) is 0 Å². The van der Waals surface area contributed by atoms with E-state index in [9.17, 15) is 9.90 Å². The van der Waals surface area contributed by atoms with Gasteiger partial charge in [0.25, 0.3) is 0 Å². The lowest BCUT2D eigenvalue weighted by Gasteiger charge is -2.18. The summed E-state index contributed by atoms with van der Waals surface area (Å²) in [6, 6.07) is 1.62. The second kappa shape index (κ2) is 5.21. The number of phenols is 1. The van der Waals surface area contributed by atoms with Gasteiger partial charge in [0.15, 0.2) is 0 Å². The Kier molecular flexibility index (Phi) is 4.16. The molecule has 0 amide bonds. The molecule has 1 rings (SSSR count). The summed E-state index contributed by atoms with van der Waals surface area (Å²) in [5.74, 6) is -0.466. The molecule has 3 heteroatoms. The first-order valence-electron chi connectivity index (χ1n) is 6.00. The summed E-state index contributed by atoms with van der Waals surface area (Å²) in [5, 5.41) is 19.3. The van der Waals surface area contributed by atoms with Crippen molar-refractivity contribution in [3.8, 4) is 5.75 Å². The van der Waals surface area contributed by atoms with Gasteiger partial charge < -0.3 is 10.2 Å². The van der Waals surface area contributed by atoms with Crippen molar-refractivity contribution in [2.75, 3.05) is 0 Å². The number of carbonyl (C=O) groups is 1. The van der Waals surface area contributed by atoms with Gasteiger partial charge in [0.1, 0.15) is 5.75 Å². The molecule has 0 aliphatic heterocycles. The Morgan fingerprint density at radius 2 is 1.76 bits per heavy atom. The van der Waals surface area contributed by atoms with Gasteiger partial charge in [-0.2, -0.15) is 0 Å². The molecule has 0 atom stereocenters. The third kappa shape index (κ3) is 2.43. The molecular formula is C14H20O3. The summed E-state index contributed by atoms with van der Waals surface area (Å²) in [6.45, 7) is 7.59. The van der Waals surface area contributed by atoms with Crippen molar-refractivity contribution in [1.82, 2.24) is 0 Å². The van der Waals surface area contributed by atoms with E-state index in [0.29, 0.717) is 16.7 Å². The van der Waals surface area contributed by atoms with Gasteiger partial charge in [-0.1, -0.05) is 13.8 Å². The van der Waals surface area contributed by atoms with Crippen molar-refractivity contribution in [2.45, 2.75) is 46.5 Å². The van der Waals surface area contributed by atoms with Gasteiger partial charge in [-0.3, -0.25) is 0 Å². The second-order valence-corrected chi connectivity index (χ2v) is 4.43. The van der Waals surface area contributed by atoms with Crippen molar-refractivity contribution in [3.05, 3.63) is 28.3 Å². The van der Waals surface area contributed by atoms with Gasteiger partial charge in [-0.05, 0) is 55.4 Å². The van der Waals surface area contributed by atoms with Crippen LogP contribution < -0.4 is 0 Å². The first kappa shape index (κ1) is 13.6. The highest BCUT2D eigenvalue weighted by atomic mass is 16.4. The Morgan fingerprint density at radius 1 is 1.24 bits per heavy atom. The van der Waals surface area contributed by atoms with Crippen LogP contribution in [-0.4, -0.2) is 16.2 Å². The molecule has 0 saturated heterocycles. The Balaban J connectivity index is 3.46. The highest BCUT2D eigenvalue weighted by Crippen LogP contribution is 2.36. The molecule has 2 N–H and O–H groups in total. The zero-order valence-electron chi connectivity index (χ0n) is 10.9. The molecule has 0 aromatic heterocycles. The first-order chi connectivity index (χ1) is 7.93. The van der Waals surface area contributed by atoms with Gasteiger partial charge in [0.2, 0.25) is 0 Å². The molecule has 0 fully saturated rings. The Bertz CT molecular complexity index is 432. The SMILES string of the molecule is CCC(CC)c1cc(C(=O)O)c(C)c(C)c1O. The van der Waals surface area contributed by atoms with Crippen LogP contribution in [0.3, 0.4) is 0 Å². The van der Waals surface area contributed by atoms with Crippen molar-refractivity contribution >= 4 is 5.97 Å². The van der Waals surface area contributed by atoms with Crippen LogP contribution in [0, 0.1) is 13.8 Å². The van der Waals surface area contributed by atoms with Crippen LogP contribution in [0.2, 0.25) is 0 Å². The fourth-order valence-electron chi connectivity index (χ4n) is 2.19. The predicted octanol–water partition coefficient (Wildman–Crippen LogP) is 3.61. The molecule has 94 valence electrons. The molecule has 3 nitrogen and oxygen atoms in total. The number of hydrogen-bond donors (Lipinski definition) is 2. The van der Waals surface area contributed by atoms with Crippen LogP contribution in [-0.2, 0) is 0 Å². The van der Waals surface area contributed by atoms with E-state index in [-0.39, 0.29) is 11.7 Å². The normalized spacial score (nSPS) is 10.9. The molecule has 17 heavy (non-hydrogen) atoms. The third-order valence-corrected chi connectivity index (χ3v) is 3.55. The minimum absolute atomic E-state index is 0.215. The van der Waals surface area contributed by atoms with E-state index < -0.39 is 5.97 Å². The predicted molar refractivity (Wildman–Crippen MR) is 67.9 cm³/mol. The molecule has 1 aromatic carbocycles. The fraction of sp³-hybridized carbons (Fsp3) is 0.500. The minimum Gasteiger partial charge on any atom is -0.507 e. The van der Waals surface area contributed by atoms with Crippen LogP contribution >= 0.6 is 0 Å². The van der Waals surface area contributed by atoms with Gasteiger partial charge in [0, 0.05) is 0 Å². The molecule has 0 spiro atoms. The zero-order valence-corrected chi connectivity index (χ0v) is 10.9. The zero-order chi connectivity index (χ0) is 13.2. The molecule has 0 bridgehead atoms. The molecule has 0 aliphatic carbocycles. The quantitative estimate of drug-likeness (QED) is 0.839. The summed E-state index contributed by atoms with van der Waals surface area (Å²) in [5.41, 5.74) is 2.37. The van der Waals surface area contributed by atoms with E-state index in [1.54, 1.807) is 19.9 Å². The Hall–Kier alpha value is -1.51. The molecule has 1 aromatic rings. The van der Waals surface area contributed by atoms with Crippen LogP contribution in [0.1, 0.15) is 59.7 Å². The maximum absolute atomic E-state index is 11.2. The number of benzene rings is 1. The first-order valence-corrected chi connectivity index (χ1v) is 6.00. The number of aromatic carboxylic acids is 1. The van der Waals surface area contributed by atoms with E-state index >= 15 is 0 Å². The van der Waals surface area contributed by atoms with Crippen molar-refractivity contribution in [1.29, 1.82) is 0 Å². The average molecular weight is 236 g/mol. The standard InChI is InChI=1S/C14H20O3/c1-5-10(6-2)12-7-11(14(16)17)8(3)9(4)13(12)15/h7,10,15H,5-6H2,1-4H3,(H,16,17). The highest BCUT2D eigenvalue weighted by Gasteiger charge is 2.19. The van der Waals surface area contributed by atoms with Gasteiger partial charge in [-0.25, -0.2) is 4.79 Å². The number of carboxylic acids is 1. The van der Waals surface area contributed by atoms with E-state index in [2.05, 4.69) is 0 Å². The highest BCUT2D eigenvalue weighted by molar-refractivity contribution is 5.90. The summed E-state index contributed by atoms with van der Waals surface area (Å²) >= 11 is 0. The van der Waals surface area contributed by atoms with Crippen LogP contribution in [0.4, 0.5) is 0 Å². The Labute approximate surface area is 102 Å². The van der Waals surface area contributed by atoms with Gasteiger partial charge in [0.05, 0.1) is 5.56 Å². The van der Waals surface area contributed by atoms with E-state index in [4.69, 9.17) is 5.11 Å². The van der Waals surface area contributed by atoms with E-state index in [0.717, 1.165) is 18.4 Å². The van der Waals surface area contributed by atoms with Crippen molar-refractivity contribution in [3.63, 3.8) is 0 Å². The third-order valence-electron chi connectivity index (χ3n) is 3.55. The van der Waals surface area contributed by atoms with Crippen molar-refractivity contribution in [2.24, 2.45) is 0 Å². The fourth-order valence-corrected chi connectivity index (χ4v) is 2.19.